The number of amides is 1. The molecule has 1 aliphatic rings. The van der Waals surface area contributed by atoms with Crippen molar-refractivity contribution in [3.8, 4) is 5.69 Å². The van der Waals surface area contributed by atoms with Crippen LogP contribution in [-0.2, 0) is 4.79 Å². The van der Waals surface area contributed by atoms with Crippen molar-refractivity contribution in [2.24, 2.45) is 5.92 Å². The third kappa shape index (κ3) is 3.30. The molecule has 114 valence electrons. The molecule has 0 unspecified atom stereocenters. The molecule has 0 saturated carbocycles. The molecule has 1 aromatic heterocycles. The van der Waals surface area contributed by atoms with Crippen molar-refractivity contribution in [1.82, 2.24) is 9.78 Å². The van der Waals surface area contributed by atoms with Crippen molar-refractivity contribution in [3.63, 3.8) is 0 Å². The molecule has 0 fully saturated rings. The lowest BCUT2D eigenvalue weighted by atomic mass is 9.94. The predicted octanol–water partition coefficient (Wildman–Crippen LogP) is 4.24. The largest absolute Gasteiger partial charge is 0.310 e. The van der Waals surface area contributed by atoms with Crippen LogP contribution in [0.2, 0.25) is 0 Å². The molecule has 3 rings (SSSR count). The van der Waals surface area contributed by atoms with Gasteiger partial charge in [0.05, 0.1) is 11.4 Å². The maximum absolute atomic E-state index is 12.4. The first-order chi connectivity index (χ1) is 10.6. The highest BCUT2D eigenvalue weighted by atomic mass is 79.9. The minimum atomic E-state index is 0.0520. The Morgan fingerprint density at radius 1 is 1.36 bits per heavy atom. The number of anilines is 1. The highest BCUT2D eigenvalue weighted by Gasteiger charge is 2.20. The topological polar surface area (TPSA) is 46.9 Å². The van der Waals surface area contributed by atoms with Crippen LogP contribution in [0.15, 0.2) is 47.0 Å². The Bertz CT molecular complexity index is 720. The van der Waals surface area contributed by atoms with E-state index in [1.807, 2.05) is 37.3 Å². The maximum atomic E-state index is 12.4. The minimum Gasteiger partial charge on any atom is -0.310 e. The van der Waals surface area contributed by atoms with Gasteiger partial charge in [-0.25, -0.2) is 4.68 Å². The van der Waals surface area contributed by atoms with Crippen molar-refractivity contribution in [2.45, 2.75) is 26.2 Å². The molecule has 1 amide bonds. The second-order valence-electron chi connectivity index (χ2n) is 5.53. The molecule has 0 spiro atoms. The van der Waals surface area contributed by atoms with E-state index in [9.17, 15) is 4.79 Å². The predicted molar refractivity (Wildman–Crippen MR) is 91.1 cm³/mol. The fraction of sp³-hybridized carbons (Fsp3) is 0.294. The van der Waals surface area contributed by atoms with Gasteiger partial charge in [0.15, 0.2) is 0 Å². The molecule has 5 heteroatoms. The number of nitrogens with one attached hydrogen (secondary N) is 1. The van der Waals surface area contributed by atoms with Crippen LogP contribution in [0, 0.1) is 12.8 Å². The van der Waals surface area contributed by atoms with Gasteiger partial charge < -0.3 is 5.32 Å². The summed E-state index contributed by atoms with van der Waals surface area (Å²) in [6.07, 6.45) is 6.93. The highest BCUT2D eigenvalue weighted by Crippen LogP contribution is 2.23. The molecule has 4 nitrogen and oxygen atoms in total. The normalized spacial score (nSPS) is 17.5. The molecule has 1 heterocycles. The second-order valence-corrected chi connectivity index (χ2v) is 6.45. The van der Waals surface area contributed by atoms with E-state index < -0.39 is 0 Å². The zero-order chi connectivity index (χ0) is 15.5. The molecule has 0 saturated heterocycles. The van der Waals surface area contributed by atoms with Crippen LogP contribution in [0.5, 0.6) is 0 Å². The first-order valence-electron chi connectivity index (χ1n) is 7.42. The molecule has 1 atom stereocenters. The van der Waals surface area contributed by atoms with Gasteiger partial charge in [-0.1, -0.05) is 34.1 Å². The first kappa shape index (κ1) is 15.0. The van der Waals surface area contributed by atoms with E-state index in [0.717, 1.165) is 40.9 Å². The van der Waals surface area contributed by atoms with Gasteiger partial charge in [-0.05, 0) is 44.4 Å². The van der Waals surface area contributed by atoms with Crippen LogP contribution in [0.25, 0.3) is 5.69 Å². The Hall–Kier alpha value is -1.88. The molecule has 0 aliphatic heterocycles. The molecule has 0 bridgehead atoms. The lowest BCUT2D eigenvalue weighted by Gasteiger charge is -2.17. The molecule has 0 radical (unpaired) electrons. The Morgan fingerprint density at radius 2 is 2.23 bits per heavy atom. The monoisotopic (exact) mass is 359 g/mol. The summed E-state index contributed by atoms with van der Waals surface area (Å²) >= 11 is 3.47. The van der Waals surface area contributed by atoms with Gasteiger partial charge in [0.2, 0.25) is 5.91 Å². The fourth-order valence-electron chi connectivity index (χ4n) is 2.65. The van der Waals surface area contributed by atoms with Crippen molar-refractivity contribution < 1.29 is 4.79 Å². The van der Waals surface area contributed by atoms with Crippen LogP contribution in [-0.4, -0.2) is 15.7 Å². The number of carbonyl (C=O) groups is 1. The molecule has 22 heavy (non-hydrogen) atoms. The number of carbonyl (C=O) groups excluding carboxylic acids is 1. The van der Waals surface area contributed by atoms with Crippen LogP contribution in [0.1, 0.15) is 25.0 Å². The second kappa shape index (κ2) is 6.48. The Morgan fingerprint density at radius 3 is 2.95 bits per heavy atom. The number of hydrogen-bond acceptors (Lipinski definition) is 2. The number of aryl methyl sites for hydroxylation is 1. The number of benzene rings is 1. The summed E-state index contributed by atoms with van der Waals surface area (Å²) in [6.45, 7) is 1.92. The van der Waals surface area contributed by atoms with Crippen molar-refractivity contribution in [2.75, 3.05) is 5.32 Å². The Labute approximate surface area is 138 Å². The van der Waals surface area contributed by atoms with E-state index in [-0.39, 0.29) is 11.8 Å². The highest BCUT2D eigenvalue weighted by molar-refractivity contribution is 9.10. The van der Waals surface area contributed by atoms with Crippen LogP contribution < -0.4 is 5.32 Å². The van der Waals surface area contributed by atoms with Gasteiger partial charge >= 0.3 is 0 Å². The van der Waals surface area contributed by atoms with E-state index in [2.05, 4.69) is 38.5 Å². The average Bonchev–Trinajstić information content (AvgIpc) is 2.89. The van der Waals surface area contributed by atoms with Gasteiger partial charge in [0.25, 0.3) is 0 Å². The number of hydrogen-bond donors (Lipinski definition) is 1. The molecular weight excluding hydrogens is 342 g/mol. The smallest absolute Gasteiger partial charge is 0.228 e. The van der Waals surface area contributed by atoms with Gasteiger partial charge in [-0.3, -0.25) is 4.79 Å². The third-order valence-corrected chi connectivity index (χ3v) is 4.27. The van der Waals surface area contributed by atoms with Crippen LogP contribution in [0.3, 0.4) is 0 Å². The summed E-state index contributed by atoms with van der Waals surface area (Å²) in [5, 5.41) is 7.52. The lowest BCUT2D eigenvalue weighted by Crippen LogP contribution is -2.24. The maximum Gasteiger partial charge on any atom is 0.228 e. The molecular formula is C17H18BrN3O. The zero-order valence-electron chi connectivity index (χ0n) is 12.4. The average molecular weight is 360 g/mol. The Balaban J connectivity index is 1.85. The molecule has 1 aliphatic carbocycles. The van der Waals surface area contributed by atoms with E-state index in [1.54, 1.807) is 4.68 Å². The standard InChI is InChI=1S/C17H18BrN3O/c1-12-10-16(19-17(22)13-6-3-2-4-7-13)21(20-12)15-9-5-8-14(18)11-15/h2-3,5,8-11,13H,4,6-7H2,1H3,(H,19,22)/t13-/m1/s1. The quantitative estimate of drug-likeness (QED) is 0.833. The number of halogens is 1. The number of aromatic nitrogens is 2. The van der Waals surface area contributed by atoms with Gasteiger partial charge in [-0.2, -0.15) is 5.10 Å². The van der Waals surface area contributed by atoms with E-state index in [1.165, 1.54) is 0 Å². The summed E-state index contributed by atoms with van der Waals surface area (Å²) in [5.41, 5.74) is 1.79. The van der Waals surface area contributed by atoms with Gasteiger partial charge in [0, 0.05) is 16.5 Å². The summed E-state index contributed by atoms with van der Waals surface area (Å²) in [5.74, 6) is 0.840. The van der Waals surface area contributed by atoms with Crippen molar-refractivity contribution >= 4 is 27.7 Å². The van der Waals surface area contributed by atoms with E-state index >= 15 is 0 Å². The molecule has 1 aromatic carbocycles. The minimum absolute atomic E-state index is 0.0520. The molecule has 1 N–H and O–H groups in total. The number of rotatable bonds is 3. The summed E-state index contributed by atoms with van der Waals surface area (Å²) in [7, 11) is 0. The van der Waals surface area contributed by atoms with Gasteiger partial charge in [-0.15, -0.1) is 0 Å². The van der Waals surface area contributed by atoms with Crippen LogP contribution in [0.4, 0.5) is 5.82 Å². The zero-order valence-corrected chi connectivity index (χ0v) is 14.0. The van der Waals surface area contributed by atoms with Gasteiger partial charge in [0.1, 0.15) is 5.82 Å². The first-order valence-corrected chi connectivity index (χ1v) is 8.21. The van der Waals surface area contributed by atoms with Crippen molar-refractivity contribution in [1.29, 1.82) is 0 Å². The van der Waals surface area contributed by atoms with Crippen LogP contribution >= 0.6 is 15.9 Å². The fourth-order valence-corrected chi connectivity index (χ4v) is 3.04. The third-order valence-electron chi connectivity index (χ3n) is 3.78. The summed E-state index contributed by atoms with van der Waals surface area (Å²) in [6, 6.07) is 9.76. The molecule has 2 aromatic rings. The van der Waals surface area contributed by atoms with E-state index in [0.29, 0.717) is 0 Å². The SMILES string of the molecule is Cc1cc(NC(=O)[C@@H]2CC=CCC2)n(-c2cccc(Br)c2)n1. The van der Waals surface area contributed by atoms with E-state index in [4.69, 9.17) is 0 Å². The number of allylic oxidation sites excluding steroid dienone is 2. The lowest BCUT2D eigenvalue weighted by molar-refractivity contribution is -0.120. The summed E-state index contributed by atoms with van der Waals surface area (Å²) in [4.78, 5) is 12.4. The van der Waals surface area contributed by atoms with Crippen molar-refractivity contribution in [3.05, 3.63) is 52.7 Å². The number of nitrogens with zero attached hydrogens (tertiary/aromatic N) is 2. The Kier molecular flexibility index (Phi) is 4.43. The summed E-state index contributed by atoms with van der Waals surface area (Å²) < 4.78 is 2.75.